The van der Waals surface area contributed by atoms with Crippen LogP contribution in [0.15, 0.2) is 16.6 Å². The summed E-state index contributed by atoms with van der Waals surface area (Å²) in [5, 5.41) is 2.70. The maximum Gasteiger partial charge on any atom is 0.235 e. The van der Waals surface area contributed by atoms with E-state index in [1.54, 1.807) is 6.20 Å². The molecule has 10 heavy (non-hydrogen) atoms. The zero-order chi connectivity index (χ0) is 7.40. The number of hydrogen-bond donors (Lipinski definition) is 0. The van der Waals surface area contributed by atoms with Gasteiger partial charge in [0.15, 0.2) is 0 Å². The van der Waals surface area contributed by atoms with Crippen molar-refractivity contribution in [1.82, 2.24) is 4.98 Å². The van der Waals surface area contributed by atoms with Gasteiger partial charge in [0.1, 0.15) is 11.0 Å². The summed E-state index contributed by atoms with van der Waals surface area (Å²) in [6.07, 6.45) is 3.19. The fourth-order valence-corrected chi connectivity index (χ4v) is 1.21. The van der Waals surface area contributed by atoms with Crippen LogP contribution in [0.5, 0.6) is 0 Å². The molecule has 1 unspecified atom stereocenters. The van der Waals surface area contributed by atoms with Crippen molar-refractivity contribution in [3.63, 3.8) is 0 Å². The van der Waals surface area contributed by atoms with E-state index in [9.17, 15) is 4.79 Å². The van der Waals surface area contributed by atoms with Crippen LogP contribution in [-0.2, 0) is 4.79 Å². The van der Waals surface area contributed by atoms with Crippen LogP contribution in [0.4, 0.5) is 0 Å². The lowest BCUT2D eigenvalue weighted by Gasteiger charge is -1.94. The number of nitrogens with zero attached hydrogens (tertiary/aromatic N) is 2. The molecular formula is C6H6N2OS. The molecule has 52 valence electrons. The van der Waals surface area contributed by atoms with Crippen LogP contribution >= 0.6 is 11.3 Å². The van der Waals surface area contributed by atoms with Crippen molar-refractivity contribution in [2.24, 2.45) is 4.99 Å². The number of aliphatic imine (C=N–C) groups is 1. The molecule has 3 nitrogen and oxygen atoms in total. The Balaban J connectivity index is 2.76. The second-order valence-corrected chi connectivity index (χ2v) is 2.69. The third-order valence-electron chi connectivity index (χ3n) is 1.06. The fraction of sp³-hybridized carbons (Fsp3) is 0.333. The minimum atomic E-state index is -0.141. The van der Waals surface area contributed by atoms with Crippen LogP contribution in [0.25, 0.3) is 0 Å². The number of hydrogen-bond acceptors (Lipinski definition) is 4. The van der Waals surface area contributed by atoms with Crippen LogP contribution in [0.1, 0.15) is 18.0 Å². The third-order valence-corrected chi connectivity index (χ3v) is 2.00. The lowest BCUT2D eigenvalue weighted by Crippen LogP contribution is -1.85. The lowest BCUT2D eigenvalue weighted by molar-refractivity contribution is 0.559. The van der Waals surface area contributed by atoms with Crippen LogP contribution < -0.4 is 0 Å². The third kappa shape index (κ3) is 1.50. The largest absolute Gasteiger partial charge is 0.247 e. The Kier molecular flexibility index (Phi) is 2.31. The quantitative estimate of drug-likeness (QED) is 0.479. The molecule has 0 aliphatic carbocycles. The molecule has 0 spiro atoms. The molecule has 0 N–H and O–H groups in total. The number of aromatic nitrogens is 1. The Morgan fingerprint density at radius 1 is 1.90 bits per heavy atom. The zero-order valence-electron chi connectivity index (χ0n) is 5.44. The highest BCUT2D eigenvalue weighted by Crippen LogP contribution is 2.17. The second-order valence-electron chi connectivity index (χ2n) is 1.77. The summed E-state index contributed by atoms with van der Waals surface area (Å²) in [5.74, 6) is 0. The predicted octanol–water partition coefficient (Wildman–Crippen LogP) is 1.54. The number of carbonyl (C=O) groups excluding carboxylic acids is 1. The zero-order valence-corrected chi connectivity index (χ0v) is 6.26. The maximum absolute atomic E-state index is 9.80. The average Bonchev–Trinajstić information content (AvgIpc) is 2.38. The van der Waals surface area contributed by atoms with Gasteiger partial charge in [-0.1, -0.05) is 0 Å². The molecular weight excluding hydrogens is 148 g/mol. The highest BCUT2D eigenvalue weighted by Gasteiger charge is 2.03. The summed E-state index contributed by atoms with van der Waals surface area (Å²) >= 11 is 1.49. The summed E-state index contributed by atoms with van der Waals surface area (Å²) in [6, 6.07) is -0.141. The Hall–Kier alpha value is -0.990. The van der Waals surface area contributed by atoms with Crippen molar-refractivity contribution in [2.75, 3.05) is 0 Å². The van der Waals surface area contributed by atoms with E-state index in [0.717, 1.165) is 5.01 Å². The first-order chi connectivity index (χ1) is 4.84. The molecule has 0 fully saturated rings. The summed E-state index contributed by atoms with van der Waals surface area (Å²) in [6.45, 7) is 1.81. The molecule has 1 heterocycles. The molecule has 0 saturated heterocycles. The molecule has 1 aromatic heterocycles. The SMILES string of the molecule is CC(N=C=O)c1nccs1. The first-order valence-corrected chi connectivity index (χ1v) is 3.69. The Bertz CT molecular complexity index is 238. The summed E-state index contributed by atoms with van der Waals surface area (Å²) < 4.78 is 0. The van der Waals surface area contributed by atoms with Crippen molar-refractivity contribution in [2.45, 2.75) is 13.0 Å². The molecule has 0 aliphatic rings. The maximum atomic E-state index is 9.80. The van der Waals surface area contributed by atoms with Gasteiger partial charge >= 0.3 is 0 Å². The number of thiazole rings is 1. The smallest absolute Gasteiger partial charge is 0.235 e. The van der Waals surface area contributed by atoms with Gasteiger partial charge in [-0.3, -0.25) is 0 Å². The molecule has 0 bridgehead atoms. The van der Waals surface area contributed by atoms with E-state index in [0.29, 0.717) is 0 Å². The van der Waals surface area contributed by atoms with Crippen molar-refractivity contribution in [1.29, 1.82) is 0 Å². The molecule has 0 aromatic carbocycles. The molecule has 1 aromatic rings. The highest BCUT2D eigenvalue weighted by atomic mass is 32.1. The number of rotatable bonds is 2. The lowest BCUT2D eigenvalue weighted by atomic mass is 10.4. The highest BCUT2D eigenvalue weighted by molar-refractivity contribution is 7.09. The van der Waals surface area contributed by atoms with Gasteiger partial charge in [-0.15, -0.1) is 11.3 Å². The van der Waals surface area contributed by atoms with Crippen molar-refractivity contribution in [3.8, 4) is 0 Å². The van der Waals surface area contributed by atoms with Gasteiger partial charge in [-0.05, 0) is 6.92 Å². The normalized spacial score (nSPS) is 12.1. The van der Waals surface area contributed by atoms with Gasteiger partial charge in [0.05, 0.1) is 0 Å². The van der Waals surface area contributed by atoms with E-state index >= 15 is 0 Å². The molecule has 0 amide bonds. The van der Waals surface area contributed by atoms with E-state index in [4.69, 9.17) is 0 Å². The Labute approximate surface area is 62.4 Å². The molecule has 1 atom stereocenters. The van der Waals surface area contributed by atoms with Gasteiger partial charge in [-0.25, -0.2) is 9.78 Å². The van der Waals surface area contributed by atoms with Gasteiger partial charge < -0.3 is 0 Å². The minimum absolute atomic E-state index is 0.141. The van der Waals surface area contributed by atoms with Gasteiger partial charge in [0.2, 0.25) is 6.08 Å². The van der Waals surface area contributed by atoms with Crippen molar-refractivity contribution in [3.05, 3.63) is 16.6 Å². The van der Waals surface area contributed by atoms with Crippen LogP contribution in [0, 0.1) is 0 Å². The summed E-state index contributed by atoms with van der Waals surface area (Å²) in [7, 11) is 0. The predicted molar refractivity (Wildman–Crippen MR) is 38.7 cm³/mol. The van der Waals surface area contributed by atoms with Crippen molar-refractivity contribution < 1.29 is 4.79 Å². The molecule has 4 heteroatoms. The number of isocyanates is 1. The fourth-order valence-electron chi connectivity index (χ4n) is 0.575. The van der Waals surface area contributed by atoms with E-state index in [1.165, 1.54) is 17.4 Å². The standard InChI is InChI=1S/C6H6N2OS/c1-5(8-4-9)6-7-2-3-10-6/h2-3,5H,1H3. The van der Waals surface area contributed by atoms with E-state index in [1.807, 2.05) is 12.3 Å². The Morgan fingerprint density at radius 3 is 3.20 bits per heavy atom. The van der Waals surface area contributed by atoms with E-state index in [-0.39, 0.29) is 6.04 Å². The first-order valence-electron chi connectivity index (χ1n) is 2.81. The van der Waals surface area contributed by atoms with Gasteiger partial charge in [0.25, 0.3) is 0 Å². The van der Waals surface area contributed by atoms with Crippen molar-refractivity contribution >= 4 is 17.4 Å². The average molecular weight is 154 g/mol. The van der Waals surface area contributed by atoms with Crippen LogP contribution in [-0.4, -0.2) is 11.1 Å². The molecule has 0 saturated carbocycles. The molecule has 1 rings (SSSR count). The molecule has 0 aliphatic heterocycles. The first kappa shape index (κ1) is 7.12. The van der Waals surface area contributed by atoms with Gasteiger partial charge in [0, 0.05) is 11.6 Å². The topological polar surface area (TPSA) is 42.3 Å². The molecule has 0 radical (unpaired) electrons. The van der Waals surface area contributed by atoms with Crippen LogP contribution in [0.3, 0.4) is 0 Å². The van der Waals surface area contributed by atoms with E-state index < -0.39 is 0 Å². The van der Waals surface area contributed by atoms with Gasteiger partial charge in [-0.2, -0.15) is 4.99 Å². The summed E-state index contributed by atoms with van der Waals surface area (Å²) in [4.78, 5) is 17.3. The monoisotopic (exact) mass is 154 g/mol. The van der Waals surface area contributed by atoms with Crippen LogP contribution in [0.2, 0.25) is 0 Å². The minimum Gasteiger partial charge on any atom is -0.247 e. The van der Waals surface area contributed by atoms with E-state index in [2.05, 4.69) is 9.98 Å². The summed E-state index contributed by atoms with van der Waals surface area (Å²) in [5.41, 5.74) is 0. The Morgan fingerprint density at radius 2 is 2.70 bits per heavy atom. The second kappa shape index (κ2) is 3.25.